The largest absolute Gasteiger partial charge is 0.497 e. The summed E-state index contributed by atoms with van der Waals surface area (Å²) in [7, 11) is 3.23. The summed E-state index contributed by atoms with van der Waals surface area (Å²) < 4.78 is 5.11. The number of hydrogen-bond acceptors (Lipinski definition) is 5. The van der Waals surface area contributed by atoms with E-state index in [0.29, 0.717) is 27.3 Å². The summed E-state index contributed by atoms with van der Waals surface area (Å²) in [4.78, 5) is 31.0. The second-order valence-electron chi connectivity index (χ2n) is 6.31. The minimum Gasteiger partial charge on any atom is -0.497 e. The van der Waals surface area contributed by atoms with Crippen LogP contribution in [0, 0.1) is 6.92 Å². The first kappa shape index (κ1) is 20.2. The Morgan fingerprint density at radius 2 is 2.00 bits per heavy atom. The van der Waals surface area contributed by atoms with Crippen LogP contribution in [0.2, 0.25) is 5.02 Å². The molecule has 2 aromatic rings. The molecule has 6 nitrogen and oxygen atoms in total. The summed E-state index contributed by atoms with van der Waals surface area (Å²) in [6.45, 7) is 1.91. The number of rotatable bonds is 4. The van der Waals surface area contributed by atoms with Gasteiger partial charge < -0.3 is 10.1 Å². The number of benzene rings is 2. The van der Waals surface area contributed by atoms with E-state index in [9.17, 15) is 9.59 Å². The molecule has 0 bridgehead atoms. The number of nitrogens with one attached hydrogen (secondary N) is 1. The average Bonchev–Trinajstić information content (AvgIpc) is 2.68. The number of aliphatic imine (C=N–C) groups is 1. The van der Waals surface area contributed by atoms with Gasteiger partial charge in [-0.2, -0.15) is 0 Å². The first-order valence-corrected chi connectivity index (χ1v) is 9.86. The van der Waals surface area contributed by atoms with Crippen molar-refractivity contribution in [3.63, 3.8) is 0 Å². The van der Waals surface area contributed by atoms with Gasteiger partial charge >= 0.3 is 0 Å². The molecule has 0 aliphatic carbocycles. The number of amidine groups is 1. The molecule has 1 N–H and O–H groups in total. The highest BCUT2D eigenvalue weighted by molar-refractivity contribution is 8.15. The predicted molar refractivity (Wildman–Crippen MR) is 114 cm³/mol. The first-order chi connectivity index (χ1) is 13.4. The van der Waals surface area contributed by atoms with Crippen LogP contribution in [-0.2, 0) is 9.59 Å². The molecule has 0 saturated carbocycles. The lowest BCUT2D eigenvalue weighted by molar-refractivity contribution is -0.128. The highest BCUT2D eigenvalue weighted by Gasteiger charge is 2.34. The number of anilines is 1. The molecular weight excluding hydrogens is 398 g/mol. The molecule has 2 aromatic carbocycles. The van der Waals surface area contributed by atoms with Crippen LogP contribution in [0.15, 0.2) is 47.5 Å². The molecular formula is C20H20ClN3O3S. The first-order valence-electron chi connectivity index (χ1n) is 8.60. The average molecular weight is 418 g/mol. The van der Waals surface area contributed by atoms with Crippen molar-refractivity contribution in [3.8, 4) is 5.75 Å². The summed E-state index contributed by atoms with van der Waals surface area (Å²) in [6, 6.07) is 12.5. The van der Waals surface area contributed by atoms with Gasteiger partial charge in [-0.25, -0.2) is 4.99 Å². The Kier molecular flexibility index (Phi) is 6.26. The maximum absolute atomic E-state index is 12.7. The highest BCUT2D eigenvalue weighted by atomic mass is 35.5. The van der Waals surface area contributed by atoms with Gasteiger partial charge in [0.2, 0.25) is 11.8 Å². The Hall–Kier alpha value is -2.51. The fourth-order valence-electron chi connectivity index (χ4n) is 2.56. The van der Waals surface area contributed by atoms with E-state index in [2.05, 4.69) is 10.3 Å². The Labute approximate surface area is 172 Å². The van der Waals surface area contributed by atoms with Crippen LogP contribution < -0.4 is 10.1 Å². The number of ether oxygens (including phenoxy) is 1. The van der Waals surface area contributed by atoms with Gasteiger partial charge in [0.25, 0.3) is 0 Å². The minimum atomic E-state index is -0.564. The van der Waals surface area contributed by atoms with Gasteiger partial charge in [-0.05, 0) is 48.9 Å². The van der Waals surface area contributed by atoms with E-state index in [4.69, 9.17) is 16.3 Å². The lowest BCUT2D eigenvalue weighted by atomic mass is 10.2. The number of methoxy groups -OCH3 is 1. The van der Waals surface area contributed by atoms with E-state index in [-0.39, 0.29) is 18.2 Å². The zero-order chi connectivity index (χ0) is 20.3. The van der Waals surface area contributed by atoms with Crippen molar-refractivity contribution in [2.45, 2.75) is 18.6 Å². The van der Waals surface area contributed by atoms with E-state index < -0.39 is 5.25 Å². The lowest BCUT2D eigenvalue weighted by Gasteiger charge is -2.28. The summed E-state index contributed by atoms with van der Waals surface area (Å²) in [5.41, 5.74) is 2.22. The molecule has 28 heavy (non-hydrogen) atoms. The van der Waals surface area contributed by atoms with E-state index in [1.165, 1.54) is 16.7 Å². The van der Waals surface area contributed by atoms with E-state index in [0.717, 1.165) is 5.56 Å². The third kappa shape index (κ3) is 4.66. The molecule has 0 radical (unpaired) electrons. The second kappa shape index (κ2) is 8.67. The van der Waals surface area contributed by atoms with Gasteiger partial charge in [0.15, 0.2) is 5.17 Å². The van der Waals surface area contributed by atoms with Gasteiger partial charge in [-0.3, -0.25) is 14.5 Å². The van der Waals surface area contributed by atoms with Gasteiger partial charge in [0.1, 0.15) is 11.0 Å². The number of halogens is 1. The third-order valence-electron chi connectivity index (χ3n) is 4.30. The number of aryl methyl sites for hydroxylation is 1. The second-order valence-corrected chi connectivity index (χ2v) is 7.89. The molecule has 8 heteroatoms. The van der Waals surface area contributed by atoms with Gasteiger partial charge in [0.05, 0.1) is 12.8 Å². The van der Waals surface area contributed by atoms with E-state index >= 15 is 0 Å². The molecule has 2 amide bonds. The van der Waals surface area contributed by atoms with Crippen LogP contribution in [0.25, 0.3) is 0 Å². The van der Waals surface area contributed by atoms with Crippen LogP contribution in [0.3, 0.4) is 0 Å². The van der Waals surface area contributed by atoms with Crippen LogP contribution in [0.1, 0.15) is 12.0 Å². The number of thioether (sulfide) groups is 1. The van der Waals surface area contributed by atoms with Crippen LogP contribution in [0.5, 0.6) is 5.75 Å². The summed E-state index contributed by atoms with van der Waals surface area (Å²) in [5.74, 6) is 0.296. The maximum Gasteiger partial charge on any atom is 0.238 e. The number of carbonyl (C=O) groups excluding carboxylic acids is 2. The van der Waals surface area contributed by atoms with Crippen molar-refractivity contribution >= 4 is 51.7 Å². The van der Waals surface area contributed by atoms with Gasteiger partial charge in [0, 0.05) is 24.2 Å². The fraction of sp³-hybridized carbons (Fsp3) is 0.250. The van der Waals surface area contributed by atoms with Crippen molar-refractivity contribution in [2.24, 2.45) is 4.99 Å². The normalized spacial score (nSPS) is 18.3. The lowest BCUT2D eigenvalue weighted by Crippen LogP contribution is -2.43. The summed E-state index contributed by atoms with van der Waals surface area (Å²) in [6.07, 6.45) is 0.108. The van der Waals surface area contributed by atoms with Gasteiger partial charge in [-0.1, -0.05) is 29.4 Å². The molecule has 0 spiro atoms. The molecule has 1 fully saturated rings. The molecule has 146 valence electrons. The Bertz CT molecular complexity index is 931. The highest BCUT2D eigenvalue weighted by Crippen LogP contribution is 2.30. The molecule has 1 atom stereocenters. The monoisotopic (exact) mass is 417 g/mol. The number of hydrogen-bond donors (Lipinski definition) is 1. The van der Waals surface area contributed by atoms with Crippen molar-refractivity contribution < 1.29 is 14.3 Å². The van der Waals surface area contributed by atoms with Crippen molar-refractivity contribution in [1.29, 1.82) is 0 Å². The van der Waals surface area contributed by atoms with Crippen molar-refractivity contribution in [1.82, 2.24) is 4.90 Å². The Morgan fingerprint density at radius 3 is 2.64 bits per heavy atom. The Balaban J connectivity index is 1.76. The number of carbonyl (C=O) groups is 2. The maximum atomic E-state index is 12.7. The van der Waals surface area contributed by atoms with Crippen molar-refractivity contribution in [2.75, 3.05) is 19.5 Å². The zero-order valence-corrected chi connectivity index (χ0v) is 17.3. The molecule has 1 saturated heterocycles. The molecule has 0 aromatic heterocycles. The molecule has 1 unspecified atom stereocenters. The third-order valence-corrected chi connectivity index (χ3v) is 5.95. The standard InChI is InChI=1S/C20H20ClN3O3S/c1-12-4-5-14(10-16(12)21)23-20-24(2)18(25)11-17(28-20)19(26)22-13-6-8-15(27-3)9-7-13/h4-10,17H,11H2,1-3H3,(H,22,26). The predicted octanol–water partition coefficient (Wildman–Crippen LogP) is 4.25. The molecule has 1 aliphatic heterocycles. The number of amides is 2. The van der Waals surface area contributed by atoms with E-state index in [1.54, 1.807) is 44.5 Å². The number of nitrogens with zero attached hydrogens (tertiary/aromatic N) is 2. The molecule has 1 aliphatic rings. The van der Waals surface area contributed by atoms with E-state index in [1.807, 2.05) is 19.1 Å². The van der Waals surface area contributed by atoms with Gasteiger partial charge in [-0.15, -0.1) is 0 Å². The Morgan fingerprint density at radius 1 is 1.29 bits per heavy atom. The van der Waals surface area contributed by atoms with Crippen molar-refractivity contribution in [3.05, 3.63) is 53.1 Å². The molecule has 3 rings (SSSR count). The minimum absolute atomic E-state index is 0.108. The topological polar surface area (TPSA) is 71.0 Å². The van der Waals surface area contributed by atoms with Crippen LogP contribution in [0.4, 0.5) is 11.4 Å². The zero-order valence-electron chi connectivity index (χ0n) is 15.7. The fourth-order valence-corrected chi connectivity index (χ4v) is 3.80. The quantitative estimate of drug-likeness (QED) is 0.807. The van der Waals surface area contributed by atoms with Crippen LogP contribution in [-0.4, -0.2) is 41.3 Å². The van der Waals surface area contributed by atoms with Crippen LogP contribution >= 0.6 is 23.4 Å². The SMILES string of the molecule is COc1ccc(NC(=O)C2CC(=O)N(C)C(=Nc3ccc(C)c(Cl)c3)S2)cc1. The summed E-state index contributed by atoms with van der Waals surface area (Å²) >= 11 is 7.42. The molecule has 1 heterocycles. The summed E-state index contributed by atoms with van der Waals surface area (Å²) in [5, 5.41) is 3.34. The smallest absolute Gasteiger partial charge is 0.238 e.